The van der Waals surface area contributed by atoms with Crippen LogP contribution in [0.25, 0.3) is 10.9 Å². The van der Waals surface area contributed by atoms with Gasteiger partial charge in [0.15, 0.2) is 0 Å². The van der Waals surface area contributed by atoms with Crippen LogP contribution in [0.1, 0.15) is 29.7 Å². The van der Waals surface area contributed by atoms with E-state index in [0.29, 0.717) is 5.02 Å². The predicted molar refractivity (Wildman–Crippen MR) is 68.1 cm³/mol. The highest BCUT2D eigenvalue weighted by atomic mass is 35.5. The first-order valence-corrected chi connectivity index (χ1v) is 6.31. The van der Waals surface area contributed by atoms with E-state index in [1.54, 1.807) is 0 Å². The van der Waals surface area contributed by atoms with Crippen molar-refractivity contribution in [1.29, 1.82) is 0 Å². The van der Waals surface area contributed by atoms with Gasteiger partial charge < -0.3 is 0 Å². The molecule has 0 bridgehead atoms. The van der Waals surface area contributed by atoms with Gasteiger partial charge in [0.25, 0.3) is 0 Å². The monoisotopic (exact) mass is 249 g/mol. The molecule has 1 heterocycles. The molecule has 0 saturated carbocycles. The van der Waals surface area contributed by atoms with Crippen molar-refractivity contribution in [3.8, 4) is 0 Å². The zero-order valence-electron chi connectivity index (χ0n) is 9.69. The van der Waals surface area contributed by atoms with E-state index >= 15 is 0 Å². The van der Waals surface area contributed by atoms with Gasteiger partial charge in [0.2, 0.25) is 0 Å². The number of pyridine rings is 1. The second kappa shape index (κ2) is 3.95. The van der Waals surface area contributed by atoms with Gasteiger partial charge in [-0.25, -0.2) is 4.39 Å². The van der Waals surface area contributed by atoms with Crippen LogP contribution in [0.3, 0.4) is 0 Å². The minimum Gasteiger partial charge on any atom is -0.252 e. The maximum absolute atomic E-state index is 13.4. The Hall–Kier alpha value is -1.15. The number of aryl methyl sites for hydroxylation is 2. The number of benzene rings is 1. The second-order valence-corrected chi connectivity index (χ2v) is 5.05. The zero-order chi connectivity index (χ0) is 12.0. The third-order valence-electron chi connectivity index (χ3n) is 3.45. The first-order valence-electron chi connectivity index (χ1n) is 5.94. The molecule has 0 aliphatic heterocycles. The Morgan fingerprint density at radius 3 is 2.82 bits per heavy atom. The van der Waals surface area contributed by atoms with Gasteiger partial charge in [0.05, 0.1) is 10.5 Å². The van der Waals surface area contributed by atoms with Gasteiger partial charge in [0.1, 0.15) is 5.82 Å². The Labute approximate surface area is 105 Å². The summed E-state index contributed by atoms with van der Waals surface area (Å²) in [5.41, 5.74) is 3.92. The van der Waals surface area contributed by atoms with Crippen LogP contribution >= 0.6 is 11.6 Å². The summed E-state index contributed by atoms with van der Waals surface area (Å²) in [6.45, 7) is 1.88. The smallest absolute Gasteiger partial charge is 0.124 e. The third-order valence-corrected chi connectivity index (χ3v) is 3.88. The maximum Gasteiger partial charge on any atom is 0.124 e. The molecule has 3 heteroatoms. The van der Waals surface area contributed by atoms with Gasteiger partial charge in [-0.3, -0.25) is 4.98 Å². The summed E-state index contributed by atoms with van der Waals surface area (Å²) in [6, 6.07) is 3.01. The number of rotatable bonds is 0. The van der Waals surface area contributed by atoms with Crippen molar-refractivity contribution in [3.63, 3.8) is 0 Å². The Kier molecular flexibility index (Phi) is 2.55. The van der Waals surface area contributed by atoms with Crippen molar-refractivity contribution in [2.24, 2.45) is 0 Å². The molecule has 0 unspecified atom stereocenters. The lowest BCUT2D eigenvalue weighted by Crippen LogP contribution is -2.07. The van der Waals surface area contributed by atoms with Crippen LogP contribution in [0, 0.1) is 12.7 Å². The van der Waals surface area contributed by atoms with E-state index in [4.69, 9.17) is 11.6 Å². The normalized spacial score (nSPS) is 15.0. The van der Waals surface area contributed by atoms with Gasteiger partial charge in [-0.1, -0.05) is 11.6 Å². The van der Waals surface area contributed by atoms with Crippen LogP contribution in [0.5, 0.6) is 0 Å². The maximum atomic E-state index is 13.4. The van der Waals surface area contributed by atoms with E-state index in [1.807, 2.05) is 6.92 Å². The minimum atomic E-state index is -0.241. The van der Waals surface area contributed by atoms with Gasteiger partial charge >= 0.3 is 0 Å². The number of hydrogen-bond acceptors (Lipinski definition) is 1. The van der Waals surface area contributed by atoms with Crippen LogP contribution in [-0.2, 0) is 12.8 Å². The molecule has 0 amide bonds. The topological polar surface area (TPSA) is 12.9 Å². The van der Waals surface area contributed by atoms with E-state index < -0.39 is 0 Å². The zero-order valence-corrected chi connectivity index (χ0v) is 10.4. The lowest BCUT2D eigenvalue weighted by Gasteiger charge is -2.18. The molecule has 2 aromatic rings. The summed E-state index contributed by atoms with van der Waals surface area (Å²) in [5, 5.41) is 1.46. The highest BCUT2D eigenvalue weighted by molar-refractivity contribution is 6.36. The van der Waals surface area contributed by atoms with Gasteiger partial charge in [-0.2, -0.15) is 0 Å². The van der Waals surface area contributed by atoms with E-state index in [1.165, 1.54) is 18.6 Å². The van der Waals surface area contributed by atoms with Crippen molar-refractivity contribution in [1.82, 2.24) is 4.98 Å². The number of nitrogens with zero attached hydrogens (tertiary/aromatic N) is 1. The van der Waals surface area contributed by atoms with Gasteiger partial charge in [0, 0.05) is 11.1 Å². The third kappa shape index (κ3) is 1.71. The molecule has 3 rings (SSSR count). The molecule has 0 spiro atoms. The van der Waals surface area contributed by atoms with Crippen molar-refractivity contribution >= 4 is 22.5 Å². The fourth-order valence-electron chi connectivity index (χ4n) is 2.60. The van der Waals surface area contributed by atoms with Crippen molar-refractivity contribution in [2.45, 2.75) is 32.6 Å². The summed E-state index contributed by atoms with van der Waals surface area (Å²) in [5.74, 6) is -0.241. The summed E-state index contributed by atoms with van der Waals surface area (Å²) in [4.78, 5) is 4.67. The number of hydrogen-bond donors (Lipinski definition) is 0. The molecule has 0 saturated heterocycles. The minimum absolute atomic E-state index is 0.241. The van der Waals surface area contributed by atoms with Crippen LogP contribution in [0.2, 0.25) is 5.02 Å². The van der Waals surface area contributed by atoms with Crippen molar-refractivity contribution < 1.29 is 4.39 Å². The number of halogens is 2. The van der Waals surface area contributed by atoms with Gasteiger partial charge in [-0.15, -0.1) is 0 Å². The van der Waals surface area contributed by atoms with Crippen LogP contribution in [-0.4, -0.2) is 4.98 Å². The molecule has 0 atom stereocenters. The molecule has 1 aromatic carbocycles. The molecule has 17 heavy (non-hydrogen) atoms. The van der Waals surface area contributed by atoms with Crippen molar-refractivity contribution in [2.75, 3.05) is 0 Å². The molecule has 1 nitrogen and oxygen atoms in total. The molecule has 0 N–H and O–H groups in total. The SMILES string of the molecule is Cc1cc(F)cc2c(Cl)c3c(nc12)CCCC3. The Bertz CT molecular complexity index is 607. The van der Waals surface area contributed by atoms with E-state index in [2.05, 4.69) is 4.98 Å². The first-order chi connectivity index (χ1) is 8.16. The van der Waals surface area contributed by atoms with Crippen LogP contribution in [0.4, 0.5) is 4.39 Å². The van der Waals surface area contributed by atoms with Crippen molar-refractivity contribution in [3.05, 3.63) is 39.8 Å². The summed E-state index contributed by atoms with van der Waals surface area (Å²) in [6.07, 6.45) is 4.27. The van der Waals surface area contributed by atoms with Gasteiger partial charge in [-0.05, 0) is 55.9 Å². The van der Waals surface area contributed by atoms with Crippen LogP contribution < -0.4 is 0 Å². The fraction of sp³-hybridized carbons (Fsp3) is 0.357. The Morgan fingerprint density at radius 1 is 1.24 bits per heavy atom. The van der Waals surface area contributed by atoms with E-state index in [-0.39, 0.29) is 5.82 Å². The summed E-state index contributed by atoms with van der Waals surface area (Å²) >= 11 is 6.40. The Balaban J connectivity index is 2.40. The molecule has 0 radical (unpaired) electrons. The highest BCUT2D eigenvalue weighted by Crippen LogP contribution is 2.34. The molecule has 1 aliphatic rings. The molecule has 1 aromatic heterocycles. The highest BCUT2D eigenvalue weighted by Gasteiger charge is 2.18. The molecular formula is C14H13ClFN. The summed E-state index contributed by atoms with van der Waals surface area (Å²) < 4.78 is 13.4. The van der Waals surface area contributed by atoms with Crippen LogP contribution in [0.15, 0.2) is 12.1 Å². The molecule has 0 fully saturated rings. The fourth-order valence-corrected chi connectivity index (χ4v) is 2.95. The molecular weight excluding hydrogens is 237 g/mol. The molecule has 88 valence electrons. The van der Waals surface area contributed by atoms with E-state index in [0.717, 1.165) is 47.0 Å². The standard InChI is InChI=1S/C14H13ClFN/c1-8-6-9(16)7-11-13(15)10-4-2-3-5-12(10)17-14(8)11/h6-7H,2-5H2,1H3. The predicted octanol–water partition coefficient (Wildman–Crippen LogP) is 4.21. The lowest BCUT2D eigenvalue weighted by atomic mass is 9.94. The van der Waals surface area contributed by atoms with E-state index in [9.17, 15) is 4.39 Å². The second-order valence-electron chi connectivity index (χ2n) is 4.68. The lowest BCUT2D eigenvalue weighted by molar-refractivity contribution is 0.628. The quantitative estimate of drug-likeness (QED) is 0.681. The Morgan fingerprint density at radius 2 is 2.00 bits per heavy atom. The first kappa shape index (κ1) is 11.0. The number of fused-ring (bicyclic) bond motifs is 2. The average Bonchev–Trinajstić information content (AvgIpc) is 2.31. The average molecular weight is 250 g/mol. The summed E-state index contributed by atoms with van der Waals surface area (Å²) in [7, 11) is 0. The number of aromatic nitrogens is 1. The molecule has 1 aliphatic carbocycles. The largest absolute Gasteiger partial charge is 0.252 e.